The van der Waals surface area contributed by atoms with Gasteiger partial charge in [0.15, 0.2) is 0 Å². The van der Waals surface area contributed by atoms with E-state index >= 15 is 0 Å². The highest BCUT2D eigenvalue weighted by molar-refractivity contribution is 5.88. The van der Waals surface area contributed by atoms with Crippen molar-refractivity contribution < 1.29 is 24.2 Å². The minimum Gasteiger partial charge on any atom is -0.480 e. The number of alkyl carbamates (subject to hydrolysis) is 1. The zero-order chi connectivity index (χ0) is 23.7. The van der Waals surface area contributed by atoms with Crippen LogP contribution in [0.15, 0.2) is 48.5 Å². The number of rotatable bonds is 8. The summed E-state index contributed by atoms with van der Waals surface area (Å²) in [6.07, 6.45) is 4.14. The Hall–Kier alpha value is -3.35. The lowest BCUT2D eigenvalue weighted by atomic mass is 9.76. The van der Waals surface area contributed by atoms with Gasteiger partial charge in [-0.2, -0.15) is 0 Å². The maximum atomic E-state index is 12.8. The predicted octanol–water partition coefficient (Wildman–Crippen LogP) is 4.21. The van der Waals surface area contributed by atoms with Crippen LogP contribution in [-0.2, 0) is 14.3 Å². The van der Waals surface area contributed by atoms with Gasteiger partial charge < -0.3 is 20.5 Å². The molecule has 2 amide bonds. The van der Waals surface area contributed by atoms with Crippen LogP contribution in [0.4, 0.5) is 4.79 Å². The minimum atomic E-state index is -1.15. The van der Waals surface area contributed by atoms with Crippen molar-refractivity contribution in [3.05, 3.63) is 59.7 Å². The van der Waals surface area contributed by atoms with E-state index in [1.54, 1.807) is 0 Å². The minimum absolute atomic E-state index is 0.0300. The van der Waals surface area contributed by atoms with Gasteiger partial charge in [0, 0.05) is 18.4 Å². The van der Waals surface area contributed by atoms with Gasteiger partial charge in [0.2, 0.25) is 5.91 Å². The maximum absolute atomic E-state index is 12.8. The third-order valence-corrected chi connectivity index (χ3v) is 7.77. The van der Waals surface area contributed by atoms with E-state index in [0.29, 0.717) is 12.8 Å². The fraction of sp³-hybridized carbons (Fsp3) is 0.444. The van der Waals surface area contributed by atoms with E-state index in [0.717, 1.165) is 36.8 Å². The van der Waals surface area contributed by atoms with Crippen molar-refractivity contribution in [1.82, 2.24) is 10.6 Å². The lowest BCUT2D eigenvalue weighted by molar-refractivity contribution is -0.152. The van der Waals surface area contributed by atoms with Gasteiger partial charge in [-0.1, -0.05) is 55.0 Å². The number of carbonyl (C=O) groups is 3. The molecule has 7 nitrogen and oxygen atoms in total. The van der Waals surface area contributed by atoms with Gasteiger partial charge in [-0.3, -0.25) is 4.79 Å². The number of fused-ring (bicyclic) bond motifs is 3. The number of amides is 2. The summed E-state index contributed by atoms with van der Waals surface area (Å²) in [7, 11) is 0. The topological polar surface area (TPSA) is 105 Å². The van der Waals surface area contributed by atoms with E-state index in [1.165, 1.54) is 11.1 Å². The average Bonchev–Trinajstić information content (AvgIpc) is 3.07. The molecule has 5 rings (SSSR count). The van der Waals surface area contributed by atoms with E-state index in [-0.39, 0.29) is 36.8 Å². The Morgan fingerprint density at radius 2 is 1.59 bits per heavy atom. The molecule has 2 saturated carbocycles. The molecule has 1 unspecified atom stereocenters. The summed E-state index contributed by atoms with van der Waals surface area (Å²) in [6, 6.07) is 16.0. The molecule has 0 spiro atoms. The predicted molar refractivity (Wildman–Crippen MR) is 126 cm³/mol. The molecule has 3 aliphatic carbocycles. The van der Waals surface area contributed by atoms with Crippen molar-refractivity contribution in [3.8, 4) is 11.1 Å². The highest BCUT2D eigenvalue weighted by atomic mass is 16.5. The fourth-order valence-corrected chi connectivity index (χ4v) is 5.41. The molecule has 34 heavy (non-hydrogen) atoms. The number of ether oxygens (including phenoxy) is 1. The number of hydrogen-bond donors (Lipinski definition) is 3. The number of benzene rings is 2. The number of aliphatic carboxylic acids is 1. The number of carbonyl (C=O) groups excluding carboxylic acids is 2. The van der Waals surface area contributed by atoms with Crippen molar-refractivity contribution in [2.45, 2.75) is 62.4 Å². The summed E-state index contributed by atoms with van der Waals surface area (Å²) in [4.78, 5) is 37.0. The first-order valence-corrected chi connectivity index (χ1v) is 12.1. The Labute approximate surface area is 198 Å². The van der Waals surface area contributed by atoms with Crippen LogP contribution >= 0.6 is 0 Å². The number of carboxylic acids is 1. The second-order valence-electron chi connectivity index (χ2n) is 9.76. The van der Waals surface area contributed by atoms with Gasteiger partial charge in [-0.25, -0.2) is 9.59 Å². The van der Waals surface area contributed by atoms with Crippen molar-refractivity contribution >= 4 is 18.0 Å². The Kier molecular flexibility index (Phi) is 6.02. The zero-order valence-electron chi connectivity index (χ0n) is 19.1. The number of nitrogens with one attached hydrogen (secondary N) is 2. The smallest absolute Gasteiger partial charge is 0.407 e. The van der Waals surface area contributed by atoms with Crippen LogP contribution in [-0.4, -0.2) is 41.3 Å². The quantitative estimate of drug-likeness (QED) is 0.545. The molecular formula is C27H30N2O5. The SMILES string of the molecule is O=C(CC(NC(=O)OCC1c2ccccc2-c2ccccc21)C1CCC1)NC1(C(=O)O)CCC1. The van der Waals surface area contributed by atoms with Crippen LogP contribution in [0.5, 0.6) is 0 Å². The molecule has 2 fully saturated rings. The monoisotopic (exact) mass is 462 g/mol. The third kappa shape index (κ3) is 4.15. The molecule has 0 bridgehead atoms. The van der Waals surface area contributed by atoms with Crippen molar-refractivity contribution in [1.29, 1.82) is 0 Å². The van der Waals surface area contributed by atoms with Crippen molar-refractivity contribution in [2.75, 3.05) is 6.61 Å². The summed E-state index contributed by atoms with van der Waals surface area (Å²) >= 11 is 0. The Bertz CT molecular complexity index is 1060. The van der Waals surface area contributed by atoms with E-state index in [9.17, 15) is 19.5 Å². The molecule has 178 valence electrons. The van der Waals surface area contributed by atoms with Crippen LogP contribution in [0.1, 0.15) is 62.0 Å². The normalized spacial score (nSPS) is 19.1. The second-order valence-corrected chi connectivity index (χ2v) is 9.76. The van der Waals surface area contributed by atoms with Gasteiger partial charge in [-0.05, 0) is 60.3 Å². The Balaban J connectivity index is 1.21. The van der Waals surface area contributed by atoms with Gasteiger partial charge in [0.25, 0.3) is 0 Å². The van der Waals surface area contributed by atoms with Gasteiger partial charge >= 0.3 is 12.1 Å². The maximum Gasteiger partial charge on any atom is 0.407 e. The first kappa shape index (κ1) is 22.4. The molecule has 3 aliphatic rings. The molecule has 0 saturated heterocycles. The van der Waals surface area contributed by atoms with E-state index in [1.807, 2.05) is 24.3 Å². The summed E-state index contributed by atoms with van der Waals surface area (Å²) in [5.41, 5.74) is 3.47. The van der Waals surface area contributed by atoms with Gasteiger partial charge in [0.1, 0.15) is 12.1 Å². The van der Waals surface area contributed by atoms with Crippen LogP contribution < -0.4 is 10.6 Å². The molecule has 0 aromatic heterocycles. The third-order valence-electron chi connectivity index (χ3n) is 7.77. The molecule has 1 atom stereocenters. The summed E-state index contributed by atoms with van der Waals surface area (Å²) in [6.45, 7) is 0.214. The van der Waals surface area contributed by atoms with Crippen LogP contribution in [0.3, 0.4) is 0 Å². The fourth-order valence-electron chi connectivity index (χ4n) is 5.41. The molecule has 0 heterocycles. The molecular weight excluding hydrogens is 432 g/mol. The molecule has 3 N–H and O–H groups in total. The van der Waals surface area contributed by atoms with Gasteiger partial charge in [-0.15, -0.1) is 0 Å². The Morgan fingerprint density at radius 3 is 2.09 bits per heavy atom. The highest BCUT2D eigenvalue weighted by Crippen LogP contribution is 2.44. The summed E-state index contributed by atoms with van der Waals surface area (Å²) < 4.78 is 5.67. The molecule has 0 aliphatic heterocycles. The molecule has 7 heteroatoms. The summed E-state index contributed by atoms with van der Waals surface area (Å²) in [5, 5.41) is 15.1. The van der Waals surface area contributed by atoms with Crippen LogP contribution in [0.25, 0.3) is 11.1 Å². The first-order valence-electron chi connectivity index (χ1n) is 12.1. The lowest BCUT2D eigenvalue weighted by Gasteiger charge is -2.39. The van der Waals surface area contributed by atoms with Gasteiger partial charge in [0.05, 0.1) is 0 Å². The first-order chi connectivity index (χ1) is 16.5. The largest absolute Gasteiger partial charge is 0.480 e. The highest BCUT2D eigenvalue weighted by Gasteiger charge is 2.46. The van der Waals surface area contributed by atoms with Crippen molar-refractivity contribution in [3.63, 3.8) is 0 Å². The molecule has 2 aromatic carbocycles. The standard InChI is InChI=1S/C27H30N2O5/c30-24(29-27(25(31)32)13-6-14-27)15-23(17-7-5-8-17)28-26(33)34-16-22-20-11-3-1-9-18(20)19-10-2-4-12-21(19)22/h1-4,9-12,17,22-23H,5-8,13-16H2,(H,28,33)(H,29,30)(H,31,32). The Morgan fingerprint density at radius 1 is 0.971 bits per heavy atom. The second kappa shape index (κ2) is 9.12. The zero-order valence-corrected chi connectivity index (χ0v) is 19.1. The number of carboxylic acid groups (broad SMARTS) is 1. The average molecular weight is 463 g/mol. The van der Waals surface area contributed by atoms with Crippen LogP contribution in [0.2, 0.25) is 0 Å². The van der Waals surface area contributed by atoms with E-state index in [4.69, 9.17) is 4.74 Å². The lowest BCUT2D eigenvalue weighted by Crippen LogP contribution is -2.60. The van der Waals surface area contributed by atoms with Crippen LogP contribution in [0, 0.1) is 5.92 Å². The number of hydrogen-bond acceptors (Lipinski definition) is 4. The molecule has 0 radical (unpaired) electrons. The van der Waals surface area contributed by atoms with Crippen molar-refractivity contribution in [2.24, 2.45) is 5.92 Å². The van der Waals surface area contributed by atoms with E-state index in [2.05, 4.69) is 34.9 Å². The summed E-state index contributed by atoms with van der Waals surface area (Å²) in [5.74, 6) is -1.15. The van der Waals surface area contributed by atoms with E-state index < -0.39 is 17.6 Å². The molecule has 2 aromatic rings.